The molecule has 0 aromatic carbocycles. The number of thioether (sulfide) groups is 1. The molecule has 8 heavy (non-hydrogen) atoms. The van der Waals surface area contributed by atoms with Crippen molar-refractivity contribution in [3.8, 4) is 0 Å². The molecule has 0 aromatic heterocycles. The highest BCUT2D eigenvalue weighted by atomic mass is 32.2. The average Bonchev–Trinajstić information content (AvgIpc) is 1.67. The molecule has 0 spiro atoms. The number of hydrogen-bond donors (Lipinski definition) is 2. The molecule has 0 aliphatic heterocycles. The van der Waals surface area contributed by atoms with Crippen LogP contribution in [0.3, 0.4) is 0 Å². The highest BCUT2D eigenvalue weighted by molar-refractivity contribution is 7.98. The molecular weight excluding hydrogens is 120 g/mol. The van der Waals surface area contributed by atoms with Crippen LogP contribution in [0, 0.1) is 11.3 Å². The third kappa shape index (κ3) is 2.91. The van der Waals surface area contributed by atoms with Crippen LogP contribution in [-0.4, -0.2) is 17.8 Å². The topological polar surface area (TPSA) is 49.9 Å². The van der Waals surface area contributed by atoms with Crippen molar-refractivity contribution in [3.63, 3.8) is 0 Å². The largest absolute Gasteiger partial charge is 0.387 e. The summed E-state index contributed by atoms with van der Waals surface area (Å²) in [6.45, 7) is 1.96. The molecule has 0 heterocycles. The van der Waals surface area contributed by atoms with Gasteiger partial charge in [0.05, 0.1) is 5.84 Å². The van der Waals surface area contributed by atoms with Crippen molar-refractivity contribution in [3.05, 3.63) is 0 Å². The van der Waals surface area contributed by atoms with Crippen LogP contribution in [0.5, 0.6) is 0 Å². The average molecular weight is 132 g/mol. The van der Waals surface area contributed by atoms with Gasteiger partial charge in [-0.3, -0.25) is 5.41 Å². The Morgan fingerprint density at radius 2 is 2.38 bits per heavy atom. The second kappa shape index (κ2) is 3.78. The van der Waals surface area contributed by atoms with Gasteiger partial charge in [0.25, 0.3) is 0 Å². The van der Waals surface area contributed by atoms with Crippen LogP contribution in [0.25, 0.3) is 0 Å². The van der Waals surface area contributed by atoms with Gasteiger partial charge in [-0.15, -0.1) is 0 Å². The van der Waals surface area contributed by atoms with Gasteiger partial charge in [-0.05, 0) is 6.26 Å². The summed E-state index contributed by atoms with van der Waals surface area (Å²) in [5.41, 5.74) is 5.19. The SMILES string of the molecule is CSCC(C)C(=N)N. The molecule has 3 N–H and O–H groups in total. The Morgan fingerprint density at radius 3 is 2.50 bits per heavy atom. The Bertz CT molecular complexity index is 82.5. The summed E-state index contributed by atoms with van der Waals surface area (Å²) >= 11 is 1.72. The quantitative estimate of drug-likeness (QED) is 0.443. The summed E-state index contributed by atoms with van der Waals surface area (Å²) in [4.78, 5) is 0. The van der Waals surface area contributed by atoms with Gasteiger partial charge in [-0.2, -0.15) is 11.8 Å². The molecule has 0 aromatic rings. The van der Waals surface area contributed by atoms with E-state index in [4.69, 9.17) is 11.1 Å². The van der Waals surface area contributed by atoms with Crippen molar-refractivity contribution in [2.75, 3.05) is 12.0 Å². The van der Waals surface area contributed by atoms with E-state index in [2.05, 4.69) is 0 Å². The zero-order valence-electron chi connectivity index (χ0n) is 5.27. The van der Waals surface area contributed by atoms with Gasteiger partial charge in [0.1, 0.15) is 0 Å². The number of nitrogens with one attached hydrogen (secondary N) is 1. The maximum atomic E-state index is 6.97. The molecule has 0 saturated carbocycles. The van der Waals surface area contributed by atoms with Gasteiger partial charge in [-0.1, -0.05) is 6.92 Å². The van der Waals surface area contributed by atoms with Crippen molar-refractivity contribution >= 4 is 17.6 Å². The Hall–Kier alpha value is -0.180. The Labute approximate surface area is 54.3 Å². The highest BCUT2D eigenvalue weighted by Crippen LogP contribution is 2.02. The van der Waals surface area contributed by atoms with Crippen LogP contribution < -0.4 is 5.73 Å². The summed E-state index contributed by atoms with van der Waals surface area (Å²) in [7, 11) is 0. The molecule has 0 aliphatic carbocycles. The normalized spacial score (nSPS) is 13.2. The summed E-state index contributed by atoms with van der Waals surface area (Å²) < 4.78 is 0. The molecule has 48 valence electrons. The minimum atomic E-state index is 0.241. The lowest BCUT2D eigenvalue weighted by Crippen LogP contribution is -2.21. The minimum Gasteiger partial charge on any atom is -0.387 e. The van der Waals surface area contributed by atoms with Crippen molar-refractivity contribution in [2.24, 2.45) is 11.7 Å². The summed E-state index contributed by atoms with van der Waals surface area (Å²) in [6.07, 6.45) is 2.01. The lowest BCUT2D eigenvalue weighted by atomic mass is 10.2. The maximum Gasteiger partial charge on any atom is 0.0942 e. The molecule has 0 bridgehead atoms. The van der Waals surface area contributed by atoms with E-state index < -0.39 is 0 Å². The van der Waals surface area contributed by atoms with E-state index in [1.807, 2.05) is 13.2 Å². The fraction of sp³-hybridized carbons (Fsp3) is 0.800. The van der Waals surface area contributed by atoms with Gasteiger partial charge in [0, 0.05) is 11.7 Å². The van der Waals surface area contributed by atoms with Crippen molar-refractivity contribution in [1.29, 1.82) is 5.41 Å². The predicted octanol–water partition coefficient (Wildman–Crippen LogP) is 0.921. The molecule has 2 nitrogen and oxygen atoms in total. The van der Waals surface area contributed by atoms with Gasteiger partial charge in [-0.25, -0.2) is 0 Å². The third-order valence-electron chi connectivity index (χ3n) is 0.948. The van der Waals surface area contributed by atoms with Crippen molar-refractivity contribution in [2.45, 2.75) is 6.92 Å². The Kier molecular flexibility index (Phi) is 3.69. The molecule has 0 amide bonds. The van der Waals surface area contributed by atoms with Crippen LogP contribution in [-0.2, 0) is 0 Å². The smallest absolute Gasteiger partial charge is 0.0942 e. The Balaban J connectivity index is 3.32. The molecule has 3 heteroatoms. The van der Waals surface area contributed by atoms with E-state index in [0.717, 1.165) is 5.75 Å². The van der Waals surface area contributed by atoms with Crippen LogP contribution in [0.15, 0.2) is 0 Å². The molecule has 1 atom stereocenters. The summed E-state index contributed by atoms with van der Waals surface area (Å²) in [5, 5.41) is 6.97. The molecule has 0 fully saturated rings. The lowest BCUT2D eigenvalue weighted by Gasteiger charge is -2.04. The van der Waals surface area contributed by atoms with E-state index >= 15 is 0 Å². The first-order valence-corrected chi connectivity index (χ1v) is 3.90. The van der Waals surface area contributed by atoms with Gasteiger partial charge < -0.3 is 5.73 Å². The summed E-state index contributed by atoms with van der Waals surface area (Å²) in [6, 6.07) is 0. The second-order valence-corrected chi connectivity index (χ2v) is 2.72. The maximum absolute atomic E-state index is 6.97. The predicted molar refractivity (Wildman–Crippen MR) is 39.5 cm³/mol. The molecule has 1 unspecified atom stereocenters. The van der Waals surface area contributed by atoms with Crippen molar-refractivity contribution in [1.82, 2.24) is 0 Å². The number of hydrogen-bond acceptors (Lipinski definition) is 2. The number of amidine groups is 1. The minimum absolute atomic E-state index is 0.241. The summed E-state index contributed by atoms with van der Waals surface area (Å²) in [5.74, 6) is 1.49. The monoisotopic (exact) mass is 132 g/mol. The molecule has 0 saturated heterocycles. The first kappa shape index (κ1) is 7.82. The van der Waals surface area contributed by atoms with Gasteiger partial charge in [0.2, 0.25) is 0 Å². The van der Waals surface area contributed by atoms with Gasteiger partial charge >= 0.3 is 0 Å². The van der Waals surface area contributed by atoms with E-state index in [1.165, 1.54) is 0 Å². The third-order valence-corrected chi connectivity index (χ3v) is 1.78. The van der Waals surface area contributed by atoms with E-state index in [0.29, 0.717) is 5.84 Å². The van der Waals surface area contributed by atoms with Crippen LogP contribution in [0.2, 0.25) is 0 Å². The highest BCUT2D eigenvalue weighted by Gasteiger charge is 2.01. The second-order valence-electron chi connectivity index (χ2n) is 1.81. The van der Waals surface area contributed by atoms with Crippen molar-refractivity contribution < 1.29 is 0 Å². The standard InChI is InChI=1S/C5H12N2S/c1-4(3-8-2)5(6)7/h4H,3H2,1-2H3,(H3,6,7). The molecule has 0 aliphatic rings. The van der Waals surface area contributed by atoms with Crippen LogP contribution in [0.4, 0.5) is 0 Å². The molecule has 0 radical (unpaired) electrons. The number of rotatable bonds is 3. The van der Waals surface area contributed by atoms with Gasteiger partial charge in [0.15, 0.2) is 0 Å². The van der Waals surface area contributed by atoms with Crippen LogP contribution >= 0.6 is 11.8 Å². The molecular formula is C5H12N2S. The van der Waals surface area contributed by atoms with Crippen LogP contribution in [0.1, 0.15) is 6.92 Å². The van der Waals surface area contributed by atoms with E-state index in [1.54, 1.807) is 11.8 Å². The Morgan fingerprint density at radius 1 is 1.88 bits per heavy atom. The first-order valence-electron chi connectivity index (χ1n) is 2.51. The van der Waals surface area contributed by atoms with E-state index in [9.17, 15) is 0 Å². The fourth-order valence-electron chi connectivity index (χ4n) is 0.340. The molecule has 0 rings (SSSR count). The zero-order valence-corrected chi connectivity index (χ0v) is 6.09. The lowest BCUT2D eigenvalue weighted by molar-refractivity contribution is 0.881. The number of nitrogens with two attached hydrogens (primary N) is 1. The first-order chi connectivity index (χ1) is 3.68. The fourth-order valence-corrected chi connectivity index (χ4v) is 1.02. The zero-order chi connectivity index (χ0) is 6.57. The van der Waals surface area contributed by atoms with E-state index in [-0.39, 0.29) is 5.92 Å².